The Balaban J connectivity index is 2.14. The molecule has 1 aromatic heterocycles. The Morgan fingerprint density at radius 1 is 1.44 bits per heavy atom. The van der Waals surface area contributed by atoms with Gasteiger partial charge in [0.1, 0.15) is 5.82 Å². The maximum absolute atomic E-state index is 11.7. The number of nitrogens with zero attached hydrogens (tertiary/aromatic N) is 1. The van der Waals surface area contributed by atoms with Crippen molar-refractivity contribution in [3.05, 3.63) is 23.9 Å². The highest BCUT2D eigenvalue weighted by Crippen LogP contribution is 2.02. The highest BCUT2D eigenvalue weighted by Gasteiger charge is 2.04. The second kappa shape index (κ2) is 8.47. The van der Waals surface area contributed by atoms with Gasteiger partial charge in [0.15, 0.2) is 0 Å². The first kappa shape index (κ1) is 14.4. The fourth-order valence-corrected chi connectivity index (χ4v) is 1.42. The number of unbranched alkanes of at least 4 members (excludes halogenated alkanes) is 1. The van der Waals surface area contributed by atoms with Gasteiger partial charge < -0.3 is 15.8 Å². The number of rotatable bonds is 8. The Hall–Kier alpha value is -1.62. The molecule has 1 rings (SSSR count). The number of ether oxygens (including phenoxy) is 1. The lowest BCUT2D eigenvalue weighted by atomic mass is 10.2. The normalized spacial score (nSPS) is 10.3. The molecule has 5 nitrogen and oxygen atoms in total. The SMILES string of the molecule is CCCCOCCCNC(=O)c1ccnc(N)c1. The molecule has 0 saturated carbocycles. The molecule has 1 amide bonds. The van der Waals surface area contributed by atoms with Crippen LogP contribution in [-0.2, 0) is 4.74 Å². The summed E-state index contributed by atoms with van der Waals surface area (Å²) in [6.45, 7) is 4.21. The van der Waals surface area contributed by atoms with Crippen LogP contribution in [0.15, 0.2) is 18.3 Å². The molecule has 1 heterocycles. The fourth-order valence-electron chi connectivity index (χ4n) is 1.42. The highest BCUT2D eigenvalue weighted by atomic mass is 16.5. The molecule has 18 heavy (non-hydrogen) atoms. The van der Waals surface area contributed by atoms with Crippen LogP contribution in [0.1, 0.15) is 36.5 Å². The van der Waals surface area contributed by atoms with Gasteiger partial charge in [-0.05, 0) is 25.0 Å². The zero-order valence-corrected chi connectivity index (χ0v) is 10.8. The summed E-state index contributed by atoms with van der Waals surface area (Å²) in [6.07, 6.45) is 4.57. The van der Waals surface area contributed by atoms with Gasteiger partial charge in [-0.15, -0.1) is 0 Å². The first-order valence-corrected chi connectivity index (χ1v) is 6.31. The van der Waals surface area contributed by atoms with Gasteiger partial charge in [-0.25, -0.2) is 4.98 Å². The lowest BCUT2D eigenvalue weighted by Gasteiger charge is -2.06. The van der Waals surface area contributed by atoms with Crippen LogP contribution in [0.25, 0.3) is 0 Å². The van der Waals surface area contributed by atoms with Gasteiger partial charge >= 0.3 is 0 Å². The molecule has 0 aliphatic heterocycles. The average Bonchev–Trinajstić information content (AvgIpc) is 2.37. The number of nitrogens with one attached hydrogen (secondary N) is 1. The molecule has 0 saturated heterocycles. The number of carbonyl (C=O) groups excluding carboxylic acids is 1. The van der Waals surface area contributed by atoms with E-state index in [0.717, 1.165) is 25.9 Å². The lowest BCUT2D eigenvalue weighted by Crippen LogP contribution is -2.25. The molecule has 1 aromatic rings. The van der Waals surface area contributed by atoms with Gasteiger partial charge in [0, 0.05) is 31.5 Å². The Morgan fingerprint density at radius 2 is 2.22 bits per heavy atom. The molecule has 0 unspecified atom stereocenters. The molecule has 100 valence electrons. The van der Waals surface area contributed by atoms with Crippen molar-refractivity contribution in [2.24, 2.45) is 0 Å². The summed E-state index contributed by atoms with van der Waals surface area (Å²) in [5.74, 6) is 0.225. The summed E-state index contributed by atoms with van der Waals surface area (Å²) in [5, 5.41) is 2.81. The van der Waals surface area contributed by atoms with Gasteiger partial charge in [-0.2, -0.15) is 0 Å². The van der Waals surface area contributed by atoms with Crippen LogP contribution < -0.4 is 11.1 Å². The van der Waals surface area contributed by atoms with E-state index in [-0.39, 0.29) is 5.91 Å². The predicted molar refractivity (Wildman–Crippen MR) is 71.3 cm³/mol. The number of nitrogen functional groups attached to an aromatic ring is 1. The van der Waals surface area contributed by atoms with E-state index in [1.54, 1.807) is 12.1 Å². The van der Waals surface area contributed by atoms with E-state index >= 15 is 0 Å². The standard InChI is InChI=1S/C13H21N3O2/c1-2-3-8-18-9-4-6-16-13(17)11-5-7-15-12(14)10-11/h5,7,10H,2-4,6,8-9H2,1H3,(H2,14,15)(H,16,17). The Bertz CT molecular complexity index is 369. The highest BCUT2D eigenvalue weighted by molar-refractivity contribution is 5.94. The number of amides is 1. The maximum Gasteiger partial charge on any atom is 0.251 e. The summed E-state index contributed by atoms with van der Waals surface area (Å²) in [5.41, 5.74) is 6.04. The molecular formula is C13H21N3O2. The van der Waals surface area contributed by atoms with E-state index in [2.05, 4.69) is 17.2 Å². The third kappa shape index (κ3) is 5.63. The van der Waals surface area contributed by atoms with Gasteiger partial charge in [0.2, 0.25) is 0 Å². The summed E-state index contributed by atoms with van der Waals surface area (Å²) in [7, 11) is 0. The lowest BCUT2D eigenvalue weighted by molar-refractivity contribution is 0.0940. The molecule has 0 aliphatic rings. The molecule has 0 aromatic carbocycles. The van der Waals surface area contributed by atoms with E-state index < -0.39 is 0 Å². The molecule has 0 spiro atoms. The van der Waals surface area contributed by atoms with Crippen molar-refractivity contribution in [3.8, 4) is 0 Å². The third-order valence-electron chi connectivity index (χ3n) is 2.44. The fraction of sp³-hybridized carbons (Fsp3) is 0.538. The van der Waals surface area contributed by atoms with Crippen molar-refractivity contribution < 1.29 is 9.53 Å². The van der Waals surface area contributed by atoms with Gasteiger partial charge in [-0.1, -0.05) is 13.3 Å². The van der Waals surface area contributed by atoms with E-state index in [4.69, 9.17) is 10.5 Å². The van der Waals surface area contributed by atoms with E-state index in [1.165, 1.54) is 6.20 Å². The van der Waals surface area contributed by atoms with Crippen molar-refractivity contribution in [3.63, 3.8) is 0 Å². The van der Waals surface area contributed by atoms with Crippen molar-refractivity contribution in [1.82, 2.24) is 10.3 Å². The topological polar surface area (TPSA) is 77.2 Å². The number of pyridine rings is 1. The second-order valence-corrected chi connectivity index (χ2v) is 4.04. The Labute approximate surface area is 108 Å². The Kier molecular flexibility index (Phi) is 6.79. The molecule has 3 N–H and O–H groups in total. The van der Waals surface area contributed by atoms with Crippen LogP contribution in [0.2, 0.25) is 0 Å². The second-order valence-electron chi connectivity index (χ2n) is 4.04. The average molecular weight is 251 g/mol. The first-order chi connectivity index (χ1) is 8.74. The monoisotopic (exact) mass is 251 g/mol. The number of nitrogens with two attached hydrogens (primary N) is 1. The van der Waals surface area contributed by atoms with Crippen LogP contribution in [0.5, 0.6) is 0 Å². The molecule has 0 fully saturated rings. The van der Waals surface area contributed by atoms with Crippen molar-refractivity contribution >= 4 is 11.7 Å². The number of anilines is 1. The van der Waals surface area contributed by atoms with Crippen molar-refractivity contribution in [2.75, 3.05) is 25.5 Å². The first-order valence-electron chi connectivity index (χ1n) is 6.31. The molecule has 5 heteroatoms. The van der Waals surface area contributed by atoms with Crippen LogP contribution in [-0.4, -0.2) is 30.6 Å². The van der Waals surface area contributed by atoms with Crippen molar-refractivity contribution in [2.45, 2.75) is 26.2 Å². The minimum absolute atomic E-state index is 0.127. The summed E-state index contributed by atoms with van der Waals surface area (Å²) < 4.78 is 5.40. The molecule has 0 bridgehead atoms. The van der Waals surface area contributed by atoms with Crippen LogP contribution >= 0.6 is 0 Å². The van der Waals surface area contributed by atoms with Crippen LogP contribution in [0.3, 0.4) is 0 Å². The minimum Gasteiger partial charge on any atom is -0.384 e. The number of aromatic nitrogens is 1. The largest absolute Gasteiger partial charge is 0.384 e. The Morgan fingerprint density at radius 3 is 2.94 bits per heavy atom. The van der Waals surface area contributed by atoms with E-state index in [0.29, 0.717) is 24.5 Å². The molecule has 0 aliphatic carbocycles. The quantitative estimate of drug-likeness (QED) is 0.688. The minimum atomic E-state index is -0.127. The van der Waals surface area contributed by atoms with Crippen LogP contribution in [0.4, 0.5) is 5.82 Å². The summed E-state index contributed by atoms with van der Waals surface area (Å²) in [6, 6.07) is 3.20. The van der Waals surface area contributed by atoms with Crippen molar-refractivity contribution in [1.29, 1.82) is 0 Å². The van der Waals surface area contributed by atoms with E-state index in [9.17, 15) is 4.79 Å². The van der Waals surface area contributed by atoms with Crippen LogP contribution in [0, 0.1) is 0 Å². The summed E-state index contributed by atoms with van der Waals surface area (Å²) >= 11 is 0. The number of hydrogen-bond acceptors (Lipinski definition) is 4. The zero-order valence-electron chi connectivity index (χ0n) is 10.8. The van der Waals surface area contributed by atoms with Gasteiger partial charge in [0.05, 0.1) is 0 Å². The smallest absolute Gasteiger partial charge is 0.251 e. The number of hydrogen-bond donors (Lipinski definition) is 2. The van der Waals surface area contributed by atoms with E-state index in [1.807, 2.05) is 0 Å². The number of carbonyl (C=O) groups is 1. The molecule has 0 radical (unpaired) electrons. The summed E-state index contributed by atoms with van der Waals surface area (Å²) in [4.78, 5) is 15.5. The predicted octanol–water partition coefficient (Wildman–Crippen LogP) is 1.60. The van der Waals surface area contributed by atoms with Gasteiger partial charge in [0.25, 0.3) is 5.91 Å². The zero-order chi connectivity index (χ0) is 13.2. The third-order valence-corrected chi connectivity index (χ3v) is 2.44. The maximum atomic E-state index is 11.7. The van der Waals surface area contributed by atoms with Gasteiger partial charge in [-0.3, -0.25) is 4.79 Å². The molecule has 0 atom stereocenters. The molecular weight excluding hydrogens is 230 g/mol.